The van der Waals surface area contributed by atoms with E-state index in [9.17, 15) is 14.4 Å². The average molecular weight is 271 g/mol. The number of carbonyl (C=O) groups is 3. The third kappa shape index (κ3) is 5.15. The van der Waals surface area contributed by atoms with Crippen LogP contribution in [0.2, 0.25) is 0 Å². The van der Waals surface area contributed by atoms with Crippen LogP contribution in [0.5, 0.6) is 0 Å². The molecule has 0 saturated carbocycles. The topological polar surface area (TPSA) is 113 Å². The maximum Gasteiger partial charge on any atom is 0.326 e. The fourth-order valence-corrected chi connectivity index (χ4v) is 2.11. The highest BCUT2D eigenvalue weighted by Crippen LogP contribution is 2.16. The summed E-state index contributed by atoms with van der Waals surface area (Å²) in [5.41, 5.74) is 4.96. The van der Waals surface area contributed by atoms with Gasteiger partial charge in [0.15, 0.2) is 0 Å². The summed E-state index contributed by atoms with van der Waals surface area (Å²) in [6.07, 6.45) is 2.47. The number of nitrogens with two attached hydrogens (primary N) is 1. The summed E-state index contributed by atoms with van der Waals surface area (Å²) in [5.74, 6) is -1.44. The lowest BCUT2D eigenvalue weighted by Crippen LogP contribution is -2.49. The van der Waals surface area contributed by atoms with Crippen molar-refractivity contribution in [2.24, 2.45) is 11.7 Å². The molecule has 1 saturated heterocycles. The molecule has 0 aromatic heterocycles. The third-order valence-corrected chi connectivity index (χ3v) is 3.31. The van der Waals surface area contributed by atoms with Crippen LogP contribution >= 0.6 is 0 Å². The van der Waals surface area contributed by atoms with Gasteiger partial charge in [0.05, 0.1) is 6.42 Å². The number of amides is 3. The molecule has 0 bridgehead atoms. The minimum Gasteiger partial charge on any atom is -0.480 e. The molecule has 3 amide bonds. The quantitative estimate of drug-likeness (QED) is 0.675. The van der Waals surface area contributed by atoms with E-state index in [-0.39, 0.29) is 0 Å². The van der Waals surface area contributed by atoms with E-state index in [4.69, 9.17) is 10.8 Å². The van der Waals surface area contributed by atoms with Gasteiger partial charge in [-0.3, -0.25) is 4.79 Å². The standard InChI is InChI=1S/C12H21N3O4/c1-8-3-2-5-15(6-4-8)12(19)14-9(11(17)18)7-10(13)16/h8-9H,2-7H2,1H3,(H2,13,16)(H,14,19)(H,17,18)/t8?,9-/m0/s1. The highest BCUT2D eigenvalue weighted by molar-refractivity contribution is 5.87. The number of carboxylic acids is 1. The lowest BCUT2D eigenvalue weighted by Gasteiger charge is -2.23. The summed E-state index contributed by atoms with van der Waals surface area (Å²) in [4.78, 5) is 35.2. The SMILES string of the molecule is CC1CCCN(C(=O)N[C@@H](CC(N)=O)C(=O)O)CC1. The molecular weight excluding hydrogens is 250 g/mol. The Balaban J connectivity index is 2.55. The Labute approximate surface area is 112 Å². The van der Waals surface area contributed by atoms with Gasteiger partial charge in [0.25, 0.3) is 0 Å². The predicted molar refractivity (Wildman–Crippen MR) is 68.4 cm³/mol. The number of nitrogens with one attached hydrogen (secondary N) is 1. The first-order valence-corrected chi connectivity index (χ1v) is 6.46. The van der Waals surface area contributed by atoms with Gasteiger partial charge in [0, 0.05) is 13.1 Å². The van der Waals surface area contributed by atoms with E-state index in [1.54, 1.807) is 4.90 Å². The van der Waals surface area contributed by atoms with Gasteiger partial charge in [-0.15, -0.1) is 0 Å². The van der Waals surface area contributed by atoms with Gasteiger partial charge in [0.1, 0.15) is 6.04 Å². The van der Waals surface area contributed by atoms with Crippen LogP contribution in [0, 0.1) is 5.92 Å². The number of carboxylic acid groups (broad SMARTS) is 1. The molecular formula is C12H21N3O4. The normalized spacial score (nSPS) is 21.3. The Kier molecular flexibility index (Phi) is 5.59. The molecule has 7 nitrogen and oxygen atoms in total. The van der Waals surface area contributed by atoms with Gasteiger partial charge >= 0.3 is 12.0 Å². The number of primary amides is 1. The van der Waals surface area contributed by atoms with E-state index < -0.39 is 30.4 Å². The molecule has 0 aliphatic carbocycles. The minimum absolute atomic E-state index is 0.398. The third-order valence-electron chi connectivity index (χ3n) is 3.31. The van der Waals surface area contributed by atoms with Crippen molar-refractivity contribution in [2.75, 3.05) is 13.1 Å². The monoisotopic (exact) mass is 271 g/mol. The van der Waals surface area contributed by atoms with Gasteiger partial charge in [-0.2, -0.15) is 0 Å². The van der Waals surface area contributed by atoms with Crippen molar-refractivity contribution in [3.63, 3.8) is 0 Å². The Bertz CT molecular complexity index is 359. The number of carbonyl (C=O) groups excluding carboxylic acids is 2. The first kappa shape index (κ1) is 15.3. The smallest absolute Gasteiger partial charge is 0.326 e. The highest BCUT2D eigenvalue weighted by Gasteiger charge is 2.25. The lowest BCUT2D eigenvalue weighted by molar-refractivity contribution is -0.140. The lowest BCUT2D eigenvalue weighted by atomic mass is 10.0. The van der Waals surface area contributed by atoms with Crippen molar-refractivity contribution in [1.82, 2.24) is 10.2 Å². The molecule has 7 heteroatoms. The molecule has 0 aromatic rings. The predicted octanol–water partition coefficient (Wildman–Crippen LogP) is 0.147. The van der Waals surface area contributed by atoms with Crippen molar-refractivity contribution in [3.8, 4) is 0 Å². The number of nitrogens with zero attached hydrogens (tertiary/aromatic N) is 1. The van der Waals surface area contributed by atoms with Crippen molar-refractivity contribution >= 4 is 17.9 Å². The zero-order valence-electron chi connectivity index (χ0n) is 11.1. The van der Waals surface area contributed by atoms with Crippen molar-refractivity contribution in [1.29, 1.82) is 0 Å². The van der Waals surface area contributed by atoms with Gasteiger partial charge in [-0.25, -0.2) is 9.59 Å². The molecule has 2 atom stereocenters. The van der Waals surface area contributed by atoms with Crippen LogP contribution in [0.4, 0.5) is 4.79 Å². The number of hydrogen-bond acceptors (Lipinski definition) is 3. The number of hydrogen-bond donors (Lipinski definition) is 3. The molecule has 1 heterocycles. The van der Waals surface area contributed by atoms with E-state index in [0.717, 1.165) is 19.3 Å². The molecule has 4 N–H and O–H groups in total. The second-order valence-electron chi connectivity index (χ2n) is 5.03. The van der Waals surface area contributed by atoms with E-state index in [0.29, 0.717) is 19.0 Å². The van der Waals surface area contributed by atoms with Gasteiger partial charge in [0.2, 0.25) is 5.91 Å². The molecule has 1 aliphatic heterocycles. The van der Waals surface area contributed by atoms with Crippen LogP contribution in [0.1, 0.15) is 32.6 Å². The van der Waals surface area contributed by atoms with Gasteiger partial charge in [-0.1, -0.05) is 6.92 Å². The first-order valence-electron chi connectivity index (χ1n) is 6.46. The second kappa shape index (κ2) is 6.96. The van der Waals surface area contributed by atoms with Crippen molar-refractivity contribution in [3.05, 3.63) is 0 Å². The Morgan fingerprint density at radius 3 is 2.63 bits per heavy atom. The highest BCUT2D eigenvalue weighted by atomic mass is 16.4. The first-order chi connectivity index (χ1) is 8.90. The van der Waals surface area contributed by atoms with Crippen LogP contribution in [0.3, 0.4) is 0 Å². The van der Waals surface area contributed by atoms with E-state index in [1.165, 1.54) is 0 Å². The minimum atomic E-state index is -1.26. The molecule has 108 valence electrons. The van der Waals surface area contributed by atoms with Crippen LogP contribution in [0.25, 0.3) is 0 Å². The summed E-state index contributed by atoms with van der Waals surface area (Å²) in [7, 11) is 0. The Hall–Kier alpha value is -1.79. The van der Waals surface area contributed by atoms with Crippen molar-refractivity contribution < 1.29 is 19.5 Å². The molecule has 1 aliphatic rings. The molecule has 0 spiro atoms. The number of rotatable bonds is 4. The zero-order valence-corrected chi connectivity index (χ0v) is 11.1. The second-order valence-corrected chi connectivity index (χ2v) is 5.03. The van der Waals surface area contributed by atoms with Crippen molar-refractivity contribution in [2.45, 2.75) is 38.6 Å². The molecule has 1 rings (SSSR count). The van der Waals surface area contributed by atoms with Gasteiger partial charge in [-0.05, 0) is 25.2 Å². The molecule has 1 fully saturated rings. The fraction of sp³-hybridized carbons (Fsp3) is 0.750. The summed E-state index contributed by atoms with van der Waals surface area (Å²) in [6.45, 7) is 3.35. The molecule has 0 aromatic carbocycles. The van der Waals surface area contributed by atoms with Crippen LogP contribution < -0.4 is 11.1 Å². The van der Waals surface area contributed by atoms with Crippen LogP contribution in [0.15, 0.2) is 0 Å². The molecule has 1 unspecified atom stereocenters. The van der Waals surface area contributed by atoms with E-state index in [1.807, 2.05) is 0 Å². The fourth-order valence-electron chi connectivity index (χ4n) is 2.11. The van der Waals surface area contributed by atoms with Gasteiger partial charge < -0.3 is 21.1 Å². The van der Waals surface area contributed by atoms with Crippen LogP contribution in [-0.2, 0) is 9.59 Å². The maximum atomic E-state index is 12.0. The number of urea groups is 1. The summed E-state index contributed by atoms with van der Waals surface area (Å²) >= 11 is 0. The Morgan fingerprint density at radius 2 is 2.05 bits per heavy atom. The number of aliphatic carboxylic acids is 1. The zero-order chi connectivity index (χ0) is 14.4. The summed E-state index contributed by atoms with van der Waals surface area (Å²) in [5, 5.41) is 11.3. The largest absolute Gasteiger partial charge is 0.480 e. The van der Waals surface area contributed by atoms with Crippen LogP contribution in [-0.4, -0.2) is 47.0 Å². The molecule has 19 heavy (non-hydrogen) atoms. The molecule has 0 radical (unpaired) electrons. The summed E-state index contributed by atoms with van der Waals surface area (Å²) < 4.78 is 0. The van der Waals surface area contributed by atoms with E-state index in [2.05, 4.69) is 12.2 Å². The average Bonchev–Trinajstić information content (AvgIpc) is 2.52. The Morgan fingerprint density at radius 1 is 1.37 bits per heavy atom. The number of likely N-dealkylation sites (tertiary alicyclic amines) is 1. The maximum absolute atomic E-state index is 12.0. The van der Waals surface area contributed by atoms with E-state index >= 15 is 0 Å². The summed E-state index contributed by atoms with van der Waals surface area (Å²) in [6, 6.07) is -1.70.